The Morgan fingerprint density at radius 2 is 1.91 bits per heavy atom. The molecule has 5 heteroatoms. The van der Waals surface area contributed by atoms with Crippen molar-refractivity contribution in [2.45, 2.75) is 12.8 Å². The number of fused-ring (bicyclic) bond motifs is 1. The highest BCUT2D eigenvalue weighted by Crippen LogP contribution is 2.32. The SMILES string of the molecule is COC(=O)CC(=O)C1CC(=O)N(c2cccc3ccccc23)C1. The molecule has 1 unspecified atom stereocenters. The summed E-state index contributed by atoms with van der Waals surface area (Å²) in [6, 6.07) is 13.6. The largest absolute Gasteiger partial charge is 0.469 e. The number of nitrogens with zero attached hydrogens (tertiary/aromatic N) is 1. The van der Waals surface area contributed by atoms with Gasteiger partial charge in [-0.1, -0.05) is 36.4 Å². The summed E-state index contributed by atoms with van der Waals surface area (Å²) in [6.45, 7) is 0.308. The predicted octanol–water partition coefficient (Wildman–Crippen LogP) is 2.32. The summed E-state index contributed by atoms with van der Waals surface area (Å²) in [4.78, 5) is 37.4. The van der Waals surface area contributed by atoms with Crippen LogP contribution < -0.4 is 4.90 Å². The molecule has 0 radical (unpaired) electrons. The van der Waals surface area contributed by atoms with Gasteiger partial charge in [0.2, 0.25) is 5.91 Å². The summed E-state index contributed by atoms with van der Waals surface area (Å²) in [7, 11) is 1.25. The Labute approximate surface area is 133 Å². The molecule has 1 fully saturated rings. The van der Waals surface area contributed by atoms with E-state index in [0.29, 0.717) is 6.54 Å². The van der Waals surface area contributed by atoms with Crippen LogP contribution in [0.15, 0.2) is 42.5 Å². The van der Waals surface area contributed by atoms with Gasteiger partial charge in [-0.2, -0.15) is 0 Å². The highest BCUT2D eigenvalue weighted by molar-refractivity contribution is 6.08. The van der Waals surface area contributed by atoms with E-state index in [1.165, 1.54) is 7.11 Å². The number of esters is 1. The minimum atomic E-state index is -0.564. The van der Waals surface area contributed by atoms with Crippen molar-refractivity contribution in [3.05, 3.63) is 42.5 Å². The molecule has 1 heterocycles. The average molecular weight is 311 g/mol. The number of carbonyl (C=O) groups is 3. The number of rotatable bonds is 4. The second-order valence-electron chi connectivity index (χ2n) is 5.62. The Kier molecular flexibility index (Phi) is 4.10. The molecule has 0 aliphatic carbocycles. The van der Waals surface area contributed by atoms with Crippen molar-refractivity contribution in [1.82, 2.24) is 0 Å². The third-order valence-electron chi connectivity index (χ3n) is 4.18. The molecule has 3 rings (SSSR count). The standard InChI is InChI=1S/C18H17NO4/c1-23-18(22)10-16(20)13-9-17(21)19(11-13)15-8-4-6-12-5-2-3-7-14(12)15/h2-8,13H,9-11H2,1H3. The molecular formula is C18H17NO4. The smallest absolute Gasteiger partial charge is 0.313 e. The van der Waals surface area contributed by atoms with E-state index in [1.54, 1.807) is 4.90 Å². The fraction of sp³-hybridized carbons (Fsp3) is 0.278. The molecule has 1 atom stereocenters. The number of hydrogen-bond donors (Lipinski definition) is 0. The molecule has 2 aromatic carbocycles. The quantitative estimate of drug-likeness (QED) is 0.642. The molecule has 1 amide bonds. The van der Waals surface area contributed by atoms with E-state index < -0.39 is 11.9 Å². The fourth-order valence-electron chi connectivity index (χ4n) is 2.96. The minimum absolute atomic E-state index is 0.0930. The Bertz CT molecular complexity index is 778. The molecule has 0 spiro atoms. The average Bonchev–Trinajstić information content (AvgIpc) is 2.96. The second kappa shape index (κ2) is 6.20. The maximum absolute atomic E-state index is 12.3. The number of benzene rings is 2. The van der Waals surface area contributed by atoms with Crippen molar-refractivity contribution in [3.8, 4) is 0 Å². The first-order valence-corrected chi connectivity index (χ1v) is 7.48. The number of ketones is 1. The summed E-state index contributed by atoms with van der Waals surface area (Å²) >= 11 is 0. The molecule has 118 valence electrons. The molecule has 0 bridgehead atoms. The third-order valence-corrected chi connectivity index (χ3v) is 4.18. The van der Waals surface area contributed by atoms with E-state index >= 15 is 0 Å². The van der Waals surface area contributed by atoms with Crippen LogP contribution in [0.2, 0.25) is 0 Å². The van der Waals surface area contributed by atoms with Crippen molar-refractivity contribution in [2.75, 3.05) is 18.6 Å². The third kappa shape index (κ3) is 2.95. The Hall–Kier alpha value is -2.69. The van der Waals surface area contributed by atoms with Gasteiger partial charge in [-0.25, -0.2) is 0 Å². The van der Waals surface area contributed by atoms with Gasteiger partial charge >= 0.3 is 5.97 Å². The summed E-state index contributed by atoms with van der Waals surface area (Å²) in [5, 5.41) is 2.02. The lowest BCUT2D eigenvalue weighted by atomic mass is 10.0. The van der Waals surface area contributed by atoms with Crippen molar-refractivity contribution in [1.29, 1.82) is 0 Å². The molecule has 23 heavy (non-hydrogen) atoms. The van der Waals surface area contributed by atoms with Crippen LogP contribution in [-0.4, -0.2) is 31.3 Å². The van der Waals surface area contributed by atoms with Gasteiger partial charge in [0, 0.05) is 24.3 Å². The molecule has 0 N–H and O–H groups in total. The van der Waals surface area contributed by atoms with Crippen molar-refractivity contribution in [2.24, 2.45) is 5.92 Å². The highest BCUT2D eigenvalue weighted by atomic mass is 16.5. The first-order chi connectivity index (χ1) is 11.1. The van der Waals surface area contributed by atoms with E-state index in [2.05, 4.69) is 4.74 Å². The van der Waals surface area contributed by atoms with Crippen LogP contribution in [0.3, 0.4) is 0 Å². The molecule has 0 aromatic heterocycles. The molecule has 5 nitrogen and oxygen atoms in total. The first kappa shape index (κ1) is 15.2. The number of carbonyl (C=O) groups excluding carboxylic acids is 3. The van der Waals surface area contributed by atoms with Crippen molar-refractivity contribution >= 4 is 34.1 Å². The number of hydrogen-bond acceptors (Lipinski definition) is 4. The van der Waals surface area contributed by atoms with Crippen LogP contribution in [0.4, 0.5) is 5.69 Å². The van der Waals surface area contributed by atoms with E-state index in [9.17, 15) is 14.4 Å². The van der Waals surface area contributed by atoms with Gasteiger partial charge in [-0.15, -0.1) is 0 Å². The van der Waals surface area contributed by atoms with Gasteiger partial charge in [-0.3, -0.25) is 14.4 Å². The van der Waals surface area contributed by atoms with E-state index in [1.807, 2.05) is 42.5 Å². The molecule has 1 aliphatic rings. The zero-order valence-electron chi connectivity index (χ0n) is 12.8. The number of anilines is 1. The van der Waals surface area contributed by atoms with Crippen LogP contribution in [0, 0.1) is 5.92 Å². The maximum atomic E-state index is 12.3. The van der Waals surface area contributed by atoms with Crippen molar-refractivity contribution < 1.29 is 19.1 Å². The van der Waals surface area contributed by atoms with E-state index in [-0.39, 0.29) is 24.5 Å². The highest BCUT2D eigenvalue weighted by Gasteiger charge is 2.36. The lowest BCUT2D eigenvalue weighted by Crippen LogP contribution is -2.26. The summed E-state index contributed by atoms with van der Waals surface area (Å²) in [5.74, 6) is -1.36. The molecule has 0 saturated carbocycles. The number of Topliss-reactive ketones (excluding diaryl/α,β-unsaturated/α-hetero) is 1. The van der Waals surface area contributed by atoms with Gasteiger partial charge in [0.15, 0.2) is 0 Å². The summed E-state index contributed by atoms with van der Waals surface area (Å²) < 4.78 is 4.52. The second-order valence-corrected chi connectivity index (χ2v) is 5.62. The van der Waals surface area contributed by atoms with Crippen LogP contribution in [-0.2, 0) is 19.1 Å². The lowest BCUT2D eigenvalue weighted by Gasteiger charge is -2.18. The fourth-order valence-corrected chi connectivity index (χ4v) is 2.96. The number of methoxy groups -OCH3 is 1. The van der Waals surface area contributed by atoms with Crippen LogP contribution in [0.25, 0.3) is 10.8 Å². The van der Waals surface area contributed by atoms with Gasteiger partial charge in [0.25, 0.3) is 0 Å². The van der Waals surface area contributed by atoms with E-state index in [0.717, 1.165) is 16.5 Å². The molecular weight excluding hydrogens is 294 g/mol. The Balaban J connectivity index is 1.85. The van der Waals surface area contributed by atoms with Gasteiger partial charge < -0.3 is 9.64 Å². The van der Waals surface area contributed by atoms with Gasteiger partial charge in [0.1, 0.15) is 12.2 Å². The van der Waals surface area contributed by atoms with Crippen molar-refractivity contribution in [3.63, 3.8) is 0 Å². The zero-order chi connectivity index (χ0) is 16.4. The monoisotopic (exact) mass is 311 g/mol. The Morgan fingerprint density at radius 3 is 2.70 bits per heavy atom. The minimum Gasteiger partial charge on any atom is -0.469 e. The topological polar surface area (TPSA) is 63.7 Å². The summed E-state index contributed by atoms with van der Waals surface area (Å²) in [5.41, 5.74) is 0.807. The van der Waals surface area contributed by atoms with Crippen LogP contribution in [0.5, 0.6) is 0 Å². The van der Waals surface area contributed by atoms with E-state index in [4.69, 9.17) is 0 Å². The van der Waals surface area contributed by atoms with Crippen LogP contribution in [0.1, 0.15) is 12.8 Å². The molecule has 1 aliphatic heterocycles. The van der Waals surface area contributed by atoms with Crippen LogP contribution >= 0.6 is 0 Å². The summed E-state index contributed by atoms with van der Waals surface area (Å²) in [6.07, 6.45) is -0.142. The molecule has 1 saturated heterocycles. The normalized spacial score (nSPS) is 17.5. The predicted molar refractivity (Wildman–Crippen MR) is 86.0 cm³/mol. The number of ether oxygens (including phenoxy) is 1. The lowest BCUT2D eigenvalue weighted by molar-refractivity contribution is -0.144. The molecule has 2 aromatic rings. The zero-order valence-corrected chi connectivity index (χ0v) is 12.8. The first-order valence-electron chi connectivity index (χ1n) is 7.48. The van der Waals surface area contributed by atoms with Gasteiger partial charge in [-0.05, 0) is 11.5 Å². The number of amides is 1. The maximum Gasteiger partial charge on any atom is 0.313 e. The Morgan fingerprint density at radius 1 is 1.17 bits per heavy atom. The van der Waals surface area contributed by atoms with Gasteiger partial charge in [0.05, 0.1) is 12.8 Å².